The van der Waals surface area contributed by atoms with Crippen molar-refractivity contribution >= 4 is 36.6 Å². The summed E-state index contributed by atoms with van der Waals surface area (Å²) < 4.78 is 35.2. The molecule has 2 aliphatic heterocycles. The van der Waals surface area contributed by atoms with Gasteiger partial charge in [-0.3, -0.25) is 13.6 Å². The molecule has 1 unspecified atom stereocenters. The number of nitrogens with zero attached hydrogens (tertiary/aromatic N) is 4. The molecular formula is C13H19N6O6PS. The molecule has 14 heteroatoms. The molecule has 0 spiro atoms. The molecule has 2 saturated heterocycles. The van der Waals surface area contributed by atoms with Gasteiger partial charge >= 0.3 is 7.82 Å². The fourth-order valence-corrected chi connectivity index (χ4v) is 4.91. The van der Waals surface area contributed by atoms with E-state index in [4.69, 9.17) is 30.0 Å². The predicted molar refractivity (Wildman–Crippen MR) is 94.9 cm³/mol. The van der Waals surface area contributed by atoms with Crippen LogP contribution in [0.3, 0.4) is 0 Å². The van der Waals surface area contributed by atoms with E-state index in [0.717, 1.165) is 0 Å². The van der Waals surface area contributed by atoms with E-state index < -0.39 is 32.4 Å². The molecule has 0 saturated carbocycles. The molecule has 2 aliphatic rings. The van der Waals surface area contributed by atoms with E-state index in [2.05, 4.69) is 15.0 Å². The minimum absolute atomic E-state index is 0.0934. The number of thioether (sulfide) groups is 1. The number of ether oxygens (including phenoxy) is 2. The van der Waals surface area contributed by atoms with E-state index in [1.54, 1.807) is 4.57 Å². The predicted octanol–water partition coefficient (Wildman–Crippen LogP) is -0.112. The Morgan fingerprint density at radius 3 is 3.07 bits per heavy atom. The third-order valence-electron chi connectivity index (χ3n) is 4.29. The Bertz CT molecular complexity index is 898. The van der Waals surface area contributed by atoms with Crippen molar-refractivity contribution in [3.63, 3.8) is 0 Å². The normalized spacial score (nSPS) is 33.4. The smallest absolute Gasteiger partial charge is 0.382 e. The van der Waals surface area contributed by atoms with Gasteiger partial charge in [-0.2, -0.15) is 0 Å². The van der Waals surface area contributed by atoms with Gasteiger partial charge in [0.05, 0.1) is 6.61 Å². The molecule has 27 heavy (non-hydrogen) atoms. The maximum absolute atomic E-state index is 11.8. The lowest BCUT2D eigenvalue weighted by molar-refractivity contribution is -0.0690. The minimum Gasteiger partial charge on any atom is -0.382 e. The molecule has 0 radical (unpaired) electrons. The summed E-state index contributed by atoms with van der Waals surface area (Å²) in [7, 11) is -2.68. The van der Waals surface area contributed by atoms with Gasteiger partial charge in [-0.1, -0.05) is 11.8 Å². The number of phosphoric acid groups is 1. The van der Waals surface area contributed by atoms with Gasteiger partial charge in [-0.15, -0.1) is 0 Å². The second-order valence-corrected chi connectivity index (χ2v) is 8.40. The Morgan fingerprint density at radius 2 is 2.33 bits per heavy atom. The highest BCUT2D eigenvalue weighted by Gasteiger charge is 2.54. The van der Waals surface area contributed by atoms with Crippen LogP contribution in [0.5, 0.6) is 0 Å². The number of phosphoric ester groups is 1. The van der Waals surface area contributed by atoms with E-state index in [-0.39, 0.29) is 12.4 Å². The second-order valence-electron chi connectivity index (χ2n) is 5.93. The molecule has 2 aromatic rings. The van der Waals surface area contributed by atoms with Gasteiger partial charge in [0.2, 0.25) is 0 Å². The first-order valence-electron chi connectivity index (χ1n) is 8.10. The van der Waals surface area contributed by atoms with Gasteiger partial charge in [0, 0.05) is 19.4 Å². The molecule has 5 N–H and O–H groups in total. The summed E-state index contributed by atoms with van der Waals surface area (Å²) in [6, 6.07) is 0. The van der Waals surface area contributed by atoms with Crippen molar-refractivity contribution in [2.24, 2.45) is 5.73 Å². The van der Waals surface area contributed by atoms with Crippen molar-refractivity contribution in [1.82, 2.24) is 19.5 Å². The Morgan fingerprint density at radius 1 is 1.52 bits per heavy atom. The zero-order valence-electron chi connectivity index (χ0n) is 14.3. The van der Waals surface area contributed by atoms with Crippen LogP contribution < -0.4 is 11.5 Å². The maximum atomic E-state index is 11.8. The van der Waals surface area contributed by atoms with Crippen LogP contribution in [0.1, 0.15) is 6.23 Å². The number of hydrogen-bond donors (Lipinski definition) is 3. The third-order valence-corrected chi connectivity index (χ3v) is 6.26. The molecule has 12 nitrogen and oxygen atoms in total. The molecule has 4 rings (SSSR count). The average molecular weight is 418 g/mol. The molecule has 5 atom stereocenters. The van der Waals surface area contributed by atoms with Crippen molar-refractivity contribution in [2.45, 2.75) is 29.7 Å². The van der Waals surface area contributed by atoms with Crippen LogP contribution >= 0.6 is 19.6 Å². The third kappa shape index (κ3) is 3.34. The number of nitrogens with two attached hydrogens (primary N) is 2. The number of methoxy groups -OCH3 is 1. The number of anilines is 1. The number of nitrogen functional groups attached to an aromatic ring is 1. The van der Waals surface area contributed by atoms with Crippen LogP contribution in [0.4, 0.5) is 5.82 Å². The Balaban J connectivity index is 1.78. The van der Waals surface area contributed by atoms with Crippen LogP contribution in [0.2, 0.25) is 0 Å². The number of fused-ring (bicyclic) bond motifs is 2. The first-order valence-corrected chi connectivity index (χ1v) is 10.6. The highest BCUT2D eigenvalue weighted by molar-refractivity contribution is 7.99. The van der Waals surface area contributed by atoms with Crippen LogP contribution in [0.15, 0.2) is 11.5 Å². The van der Waals surface area contributed by atoms with Gasteiger partial charge in [0.1, 0.15) is 24.6 Å². The SMILES string of the molecule is CO[C@@H]1[C@@H]2OP(=O)(O)OC[C@H]2O[C@H]1n1c(SCCN)nc2c(N)ncnc21. The summed E-state index contributed by atoms with van der Waals surface area (Å²) >= 11 is 1.41. The van der Waals surface area contributed by atoms with E-state index in [1.807, 2.05) is 0 Å². The molecule has 4 heterocycles. The number of aromatic nitrogens is 4. The highest BCUT2D eigenvalue weighted by atomic mass is 32.2. The number of imidazole rings is 1. The fourth-order valence-electron chi connectivity index (χ4n) is 3.17. The number of rotatable bonds is 5. The summed E-state index contributed by atoms with van der Waals surface area (Å²) in [5.74, 6) is 0.844. The van der Waals surface area contributed by atoms with E-state index in [1.165, 1.54) is 25.2 Å². The van der Waals surface area contributed by atoms with Crippen molar-refractivity contribution < 1.29 is 28.0 Å². The van der Waals surface area contributed by atoms with Crippen LogP contribution in [0, 0.1) is 0 Å². The quantitative estimate of drug-likeness (QED) is 0.435. The molecular weight excluding hydrogens is 399 g/mol. The van der Waals surface area contributed by atoms with Gasteiger partial charge in [-0.25, -0.2) is 19.5 Å². The van der Waals surface area contributed by atoms with E-state index in [9.17, 15) is 9.46 Å². The van der Waals surface area contributed by atoms with Crippen molar-refractivity contribution in [2.75, 3.05) is 31.7 Å². The van der Waals surface area contributed by atoms with Gasteiger partial charge in [-0.05, 0) is 0 Å². The lowest BCUT2D eigenvalue weighted by Crippen LogP contribution is -2.40. The molecule has 148 valence electrons. The Kier molecular flexibility index (Phi) is 5.12. The van der Waals surface area contributed by atoms with Gasteiger partial charge in [0.15, 0.2) is 28.4 Å². The fraction of sp³-hybridized carbons (Fsp3) is 0.615. The topological polar surface area (TPSA) is 170 Å². The zero-order valence-corrected chi connectivity index (χ0v) is 16.0. The summed E-state index contributed by atoms with van der Waals surface area (Å²) in [4.78, 5) is 22.4. The summed E-state index contributed by atoms with van der Waals surface area (Å²) in [6.45, 7) is 0.355. The van der Waals surface area contributed by atoms with Crippen LogP contribution in [-0.4, -0.2) is 68.7 Å². The summed E-state index contributed by atoms with van der Waals surface area (Å²) in [6.07, 6.45) is -1.44. The van der Waals surface area contributed by atoms with Gasteiger partial charge in [0.25, 0.3) is 0 Å². The number of hydrogen-bond acceptors (Lipinski definition) is 11. The lowest BCUT2D eigenvalue weighted by atomic mass is 10.1. The summed E-state index contributed by atoms with van der Waals surface area (Å²) in [5, 5.41) is 0.571. The van der Waals surface area contributed by atoms with Crippen molar-refractivity contribution in [1.29, 1.82) is 0 Å². The molecule has 2 fully saturated rings. The monoisotopic (exact) mass is 418 g/mol. The zero-order chi connectivity index (χ0) is 19.2. The molecule has 0 amide bonds. The summed E-state index contributed by atoms with van der Waals surface area (Å²) in [5.41, 5.74) is 12.4. The van der Waals surface area contributed by atoms with E-state index >= 15 is 0 Å². The Labute approximate surface area is 158 Å². The van der Waals surface area contributed by atoms with Crippen LogP contribution in [0.25, 0.3) is 11.2 Å². The lowest BCUT2D eigenvalue weighted by Gasteiger charge is -2.29. The highest BCUT2D eigenvalue weighted by Crippen LogP contribution is 2.53. The molecule has 0 bridgehead atoms. The second kappa shape index (κ2) is 7.26. The van der Waals surface area contributed by atoms with Crippen molar-refractivity contribution in [3.8, 4) is 0 Å². The molecule has 2 aromatic heterocycles. The standard InChI is InChI=1S/C13H19N6O6PS/c1-22-9-8-6(4-23-26(20,21)25-8)24-12(9)19-11-7(10(15)16-5-17-11)18-13(19)27-3-2-14/h5-6,8-9,12H,2-4,14H2,1H3,(H,20,21)(H2,15,16,17)/t6-,8-,9-,12-/m1/s1. The Hall–Kier alpha value is -1.31. The van der Waals surface area contributed by atoms with Gasteiger partial charge < -0.3 is 25.8 Å². The maximum Gasteiger partial charge on any atom is 0.472 e. The molecule has 0 aromatic carbocycles. The minimum atomic E-state index is -4.15. The largest absolute Gasteiger partial charge is 0.472 e. The van der Waals surface area contributed by atoms with E-state index in [0.29, 0.717) is 28.6 Å². The van der Waals surface area contributed by atoms with Crippen LogP contribution in [-0.2, 0) is 23.1 Å². The molecule has 0 aliphatic carbocycles. The van der Waals surface area contributed by atoms with Crippen molar-refractivity contribution in [3.05, 3.63) is 6.33 Å². The first-order chi connectivity index (χ1) is 12.9. The first kappa shape index (κ1) is 19.0. The average Bonchev–Trinajstić information content (AvgIpc) is 3.17.